The van der Waals surface area contributed by atoms with Crippen molar-refractivity contribution in [3.8, 4) is 0 Å². The SMILES string of the molecule is CCC(CC)CNc1cc(C)c(C)cc1[N+](=O)[O-]. The number of rotatable bonds is 6. The van der Waals surface area contributed by atoms with E-state index in [0.717, 1.165) is 30.5 Å². The predicted octanol–water partition coefficient (Wildman–Crippen LogP) is 4.06. The van der Waals surface area contributed by atoms with Gasteiger partial charge in [0, 0.05) is 12.6 Å². The van der Waals surface area contributed by atoms with Gasteiger partial charge in [-0.05, 0) is 37.0 Å². The van der Waals surface area contributed by atoms with Crippen molar-refractivity contribution < 1.29 is 4.92 Å². The minimum absolute atomic E-state index is 0.170. The molecule has 1 aromatic rings. The fourth-order valence-corrected chi connectivity index (χ4v) is 1.93. The molecule has 100 valence electrons. The lowest BCUT2D eigenvalue weighted by atomic mass is 10.0. The molecule has 0 atom stereocenters. The topological polar surface area (TPSA) is 55.2 Å². The second-order valence-electron chi connectivity index (χ2n) is 4.77. The third-order valence-electron chi connectivity index (χ3n) is 3.54. The molecule has 4 heteroatoms. The van der Waals surface area contributed by atoms with Gasteiger partial charge in [0.1, 0.15) is 5.69 Å². The molecule has 0 saturated heterocycles. The van der Waals surface area contributed by atoms with Crippen LogP contribution >= 0.6 is 0 Å². The highest BCUT2D eigenvalue weighted by molar-refractivity contribution is 5.64. The summed E-state index contributed by atoms with van der Waals surface area (Å²) < 4.78 is 0. The Bertz CT molecular complexity index is 426. The molecule has 0 aliphatic carbocycles. The zero-order chi connectivity index (χ0) is 13.7. The van der Waals surface area contributed by atoms with E-state index in [1.54, 1.807) is 6.07 Å². The van der Waals surface area contributed by atoms with E-state index in [4.69, 9.17) is 0 Å². The molecule has 1 rings (SSSR count). The number of hydrogen-bond acceptors (Lipinski definition) is 3. The average Bonchev–Trinajstić information content (AvgIpc) is 2.34. The number of nitro groups is 1. The summed E-state index contributed by atoms with van der Waals surface area (Å²) >= 11 is 0. The van der Waals surface area contributed by atoms with Gasteiger partial charge in [0.15, 0.2) is 0 Å². The average molecular weight is 250 g/mol. The van der Waals surface area contributed by atoms with Gasteiger partial charge in [0.25, 0.3) is 5.69 Å². The monoisotopic (exact) mass is 250 g/mol. The van der Waals surface area contributed by atoms with Gasteiger partial charge >= 0.3 is 0 Å². The van der Waals surface area contributed by atoms with Gasteiger partial charge in [-0.3, -0.25) is 10.1 Å². The summed E-state index contributed by atoms with van der Waals surface area (Å²) in [4.78, 5) is 10.7. The molecule has 0 unspecified atom stereocenters. The number of hydrogen-bond donors (Lipinski definition) is 1. The minimum atomic E-state index is -0.318. The van der Waals surface area contributed by atoms with Crippen molar-refractivity contribution in [2.45, 2.75) is 40.5 Å². The van der Waals surface area contributed by atoms with Gasteiger partial charge in [-0.15, -0.1) is 0 Å². The van der Waals surface area contributed by atoms with Crippen molar-refractivity contribution in [2.75, 3.05) is 11.9 Å². The molecular formula is C14H22N2O2. The number of aryl methyl sites for hydroxylation is 2. The van der Waals surface area contributed by atoms with Crippen LogP contribution in [0.3, 0.4) is 0 Å². The highest BCUT2D eigenvalue weighted by Gasteiger charge is 2.16. The standard InChI is InChI=1S/C14H22N2O2/c1-5-12(6-2)9-15-13-7-10(3)11(4)8-14(13)16(17)18/h7-8,12,15H,5-6,9H2,1-4H3. The fraction of sp³-hybridized carbons (Fsp3) is 0.571. The van der Waals surface area contributed by atoms with E-state index >= 15 is 0 Å². The molecule has 0 aliphatic heterocycles. The summed E-state index contributed by atoms with van der Waals surface area (Å²) in [7, 11) is 0. The smallest absolute Gasteiger partial charge is 0.292 e. The number of nitro benzene ring substituents is 1. The molecule has 4 nitrogen and oxygen atoms in total. The van der Waals surface area contributed by atoms with Gasteiger partial charge in [0.05, 0.1) is 4.92 Å². The Balaban J connectivity index is 2.93. The van der Waals surface area contributed by atoms with Crippen LogP contribution in [0.2, 0.25) is 0 Å². The lowest BCUT2D eigenvalue weighted by Gasteiger charge is -2.15. The third-order valence-corrected chi connectivity index (χ3v) is 3.54. The number of benzene rings is 1. The van der Waals surface area contributed by atoms with Crippen LogP contribution in [0.15, 0.2) is 12.1 Å². The maximum absolute atomic E-state index is 11.0. The Morgan fingerprint density at radius 1 is 1.22 bits per heavy atom. The van der Waals surface area contributed by atoms with Crippen molar-refractivity contribution >= 4 is 11.4 Å². The molecule has 1 N–H and O–H groups in total. The molecule has 0 bridgehead atoms. The molecule has 0 aliphatic rings. The number of nitrogens with one attached hydrogen (secondary N) is 1. The van der Waals surface area contributed by atoms with E-state index in [1.807, 2.05) is 19.9 Å². The van der Waals surface area contributed by atoms with Gasteiger partial charge in [0.2, 0.25) is 0 Å². The van der Waals surface area contributed by atoms with Crippen LogP contribution in [-0.4, -0.2) is 11.5 Å². The Kier molecular flexibility index (Phi) is 5.13. The fourth-order valence-electron chi connectivity index (χ4n) is 1.93. The van der Waals surface area contributed by atoms with E-state index < -0.39 is 0 Å². The Labute approximate surface area is 109 Å². The van der Waals surface area contributed by atoms with Gasteiger partial charge in [-0.1, -0.05) is 26.7 Å². The summed E-state index contributed by atoms with van der Waals surface area (Å²) in [5, 5.41) is 14.3. The van der Waals surface area contributed by atoms with Crippen LogP contribution in [0, 0.1) is 29.9 Å². The molecule has 1 aromatic carbocycles. The highest BCUT2D eigenvalue weighted by atomic mass is 16.6. The lowest BCUT2D eigenvalue weighted by Crippen LogP contribution is -2.13. The van der Waals surface area contributed by atoms with Gasteiger partial charge in [-0.2, -0.15) is 0 Å². The summed E-state index contributed by atoms with van der Waals surface area (Å²) in [6.45, 7) is 8.94. The van der Waals surface area contributed by atoms with Crippen LogP contribution < -0.4 is 5.32 Å². The Morgan fingerprint density at radius 2 is 1.78 bits per heavy atom. The Morgan fingerprint density at radius 3 is 2.28 bits per heavy atom. The number of anilines is 1. The summed E-state index contributed by atoms with van der Waals surface area (Å²) in [5.41, 5.74) is 2.83. The van der Waals surface area contributed by atoms with Crippen molar-refractivity contribution in [2.24, 2.45) is 5.92 Å². The highest BCUT2D eigenvalue weighted by Crippen LogP contribution is 2.28. The van der Waals surface area contributed by atoms with Crippen molar-refractivity contribution in [1.82, 2.24) is 0 Å². The number of nitrogens with zero attached hydrogens (tertiary/aromatic N) is 1. The van der Waals surface area contributed by atoms with E-state index in [1.165, 1.54) is 0 Å². The molecule has 0 amide bonds. The summed E-state index contributed by atoms with van der Waals surface area (Å²) in [6, 6.07) is 3.51. The first-order valence-corrected chi connectivity index (χ1v) is 6.49. The first-order valence-electron chi connectivity index (χ1n) is 6.49. The molecule has 0 fully saturated rings. The molecular weight excluding hydrogens is 228 g/mol. The second kappa shape index (κ2) is 6.38. The lowest BCUT2D eigenvalue weighted by molar-refractivity contribution is -0.384. The molecule has 18 heavy (non-hydrogen) atoms. The first-order chi connectivity index (χ1) is 8.49. The summed E-state index contributed by atoms with van der Waals surface area (Å²) in [6.07, 6.45) is 2.17. The molecule has 0 heterocycles. The van der Waals surface area contributed by atoms with Crippen LogP contribution in [0.5, 0.6) is 0 Å². The van der Waals surface area contributed by atoms with Crippen molar-refractivity contribution in [3.05, 3.63) is 33.4 Å². The van der Waals surface area contributed by atoms with E-state index in [0.29, 0.717) is 11.6 Å². The summed E-state index contributed by atoms with van der Waals surface area (Å²) in [5.74, 6) is 0.561. The maximum atomic E-state index is 11.0. The third kappa shape index (κ3) is 3.45. The zero-order valence-corrected chi connectivity index (χ0v) is 11.6. The van der Waals surface area contributed by atoms with Gasteiger partial charge < -0.3 is 5.32 Å². The van der Waals surface area contributed by atoms with Crippen molar-refractivity contribution in [1.29, 1.82) is 0 Å². The van der Waals surface area contributed by atoms with Crippen LogP contribution in [-0.2, 0) is 0 Å². The van der Waals surface area contributed by atoms with E-state index in [9.17, 15) is 10.1 Å². The molecule has 0 aromatic heterocycles. The predicted molar refractivity (Wildman–Crippen MR) is 75.1 cm³/mol. The second-order valence-corrected chi connectivity index (χ2v) is 4.77. The zero-order valence-electron chi connectivity index (χ0n) is 11.6. The van der Waals surface area contributed by atoms with E-state index in [-0.39, 0.29) is 10.6 Å². The normalized spacial score (nSPS) is 10.7. The van der Waals surface area contributed by atoms with Gasteiger partial charge in [-0.25, -0.2) is 0 Å². The van der Waals surface area contributed by atoms with E-state index in [2.05, 4.69) is 19.2 Å². The van der Waals surface area contributed by atoms with Crippen LogP contribution in [0.4, 0.5) is 11.4 Å². The van der Waals surface area contributed by atoms with Crippen LogP contribution in [0.1, 0.15) is 37.8 Å². The quantitative estimate of drug-likeness (QED) is 0.612. The van der Waals surface area contributed by atoms with Crippen LogP contribution in [0.25, 0.3) is 0 Å². The Hall–Kier alpha value is -1.58. The minimum Gasteiger partial charge on any atom is -0.379 e. The molecule has 0 radical (unpaired) electrons. The molecule has 0 saturated carbocycles. The molecule has 0 spiro atoms. The first kappa shape index (κ1) is 14.5. The largest absolute Gasteiger partial charge is 0.379 e. The van der Waals surface area contributed by atoms with Crippen molar-refractivity contribution in [3.63, 3.8) is 0 Å². The maximum Gasteiger partial charge on any atom is 0.292 e.